The summed E-state index contributed by atoms with van der Waals surface area (Å²) >= 11 is 3.41. The third kappa shape index (κ3) is 2.41. The van der Waals surface area contributed by atoms with Gasteiger partial charge in [0.05, 0.1) is 5.69 Å². The lowest BCUT2D eigenvalue weighted by molar-refractivity contribution is 0.886. The van der Waals surface area contributed by atoms with Crippen molar-refractivity contribution in [3.05, 3.63) is 28.7 Å². The zero-order valence-electron chi connectivity index (χ0n) is 7.46. The van der Waals surface area contributed by atoms with Crippen LogP contribution in [0.3, 0.4) is 0 Å². The molecule has 1 nitrogen and oxygen atoms in total. The summed E-state index contributed by atoms with van der Waals surface area (Å²) in [5.41, 5.74) is 2.45. The molecule has 1 aliphatic carbocycles. The van der Waals surface area contributed by atoms with Crippen LogP contribution >= 0.6 is 15.9 Å². The molecule has 0 radical (unpaired) electrons. The number of halogens is 1. The zero-order valence-corrected chi connectivity index (χ0v) is 9.05. The molecule has 0 unspecified atom stereocenters. The van der Waals surface area contributed by atoms with Crippen molar-refractivity contribution >= 4 is 27.3 Å². The van der Waals surface area contributed by atoms with E-state index in [2.05, 4.69) is 33.1 Å². The van der Waals surface area contributed by atoms with Crippen molar-refractivity contribution in [1.29, 1.82) is 0 Å². The Morgan fingerprint density at radius 2 is 1.62 bits per heavy atom. The topological polar surface area (TPSA) is 12.4 Å². The summed E-state index contributed by atoms with van der Waals surface area (Å²) in [6, 6.07) is 8.17. The Morgan fingerprint density at radius 1 is 1.00 bits per heavy atom. The van der Waals surface area contributed by atoms with Crippen LogP contribution in [0.15, 0.2) is 33.7 Å². The fourth-order valence-corrected chi connectivity index (χ4v) is 1.86. The fraction of sp³-hybridized carbons (Fsp3) is 0.364. The Balaban J connectivity index is 2.17. The summed E-state index contributed by atoms with van der Waals surface area (Å²) in [5.74, 6) is 0. The first-order valence-corrected chi connectivity index (χ1v) is 5.46. The average molecular weight is 238 g/mol. The van der Waals surface area contributed by atoms with Crippen LogP contribution in [-0.2, 0) is 0 Å². The molecule has 0 aliphatic heterocycles. The summed E-state index contributed by atoms with van der Waals surface area (Å²) < 4.78 is 1.11. The molecular formula is C11H12BrN. The maximum absolute atomic E-state index is 4.60. The SMILES string of the molecule is Brc1ccc(N=C2CCCC2)cc1. The third-order valence-corrected chi connectivity index (χ3v) is 2.82. The Bertz CT molecular complexity index is 305. The molecule has 2 heteroatoms. The summed E-state index contributed by atoms with van der Waals surface area (Å²) in [5, 5.41) is 0. The van der Waals surface area contributed by atoms with E-state index in [-0.39, 0.29) is 0 Å². The molecule has 1 aromatic rings. The maximum Gasteiger partial charge on any atom is 0.0629 e. The van der Waals surface area contributed by atoms with Gasteiger partial charge >= 0.3 is 0 Å². The van der Waals surface area contributed by atoms with E-state index in [9.17, 15) is 0 Å². The second-order valence-electron chi connectivity index (χ2n) is 3.36. The molecule has 2 rings (SSSR count). The second-order valence-corrected chi connectivity index (χ2v) is 4.28. The molecule has 13 heavy (non-hydrogen) atoms. The number of rotatable bonds is 1. The van der Waals surface area contributed by atoms with Gasteiger partial charge in [0.15, 0.2) is 0 Å². The molecule has 1 aliphatic rings. The van der Waals surface area contributed by atoms with Gasteiger partial charge in [-0.2, -0.15) is 0 Å². The Hall–Kier alpha value is -0.630. The van der Waals surface area contributed by atoms with Gasteiger partial charge in [-0.15, -0.1) is 0 Å². The summed E-state index contributed by atoms with van der Waals surface area (Å²) in [6.07, 6.45) is 5.01. The van der Waals surface area contributed by atoms with Crippen molar-refractivity contribution in [3.8, 4) is 0 Å². The summed E-state index contributed by atoms with van der Waals surface area (Å²) in [4.78, 5) is 4.60. The molecule has 0 saturated heterocycles. The largest absolute Gasteiger partial charge is 0.258 e. The highest BCUT2D eigenvalue weighted by Gasteiger charge is 2.07. The average Bonchev–Trinajstić information content (AvgIpc) is 2.62. The Labute approximate surface area is 87.0 Å². The van der Waals surface area contributed by atoms with Gasteiger partial charge in [-0.1, -0.05) is 15.9 Å². The molecule has 0 amide bonds. The van der Waals surface area contributed by atoms with Crippen LogP contribution in [-0.4, -0.2) is 5.71 Å². The summed E-state index contributed by atoms with van der Waals surface area (Å²) in [7, 11) is 0. The van der Waals surface area contributed by atoms with Crippen LogP contribution < -0.4 is 0 Å². The molecule has 1 fully saturated rings. The van der Waals surface area contributed by atoms with Gasteiger partial charge in [-0.05, 0) is 49.9 Å². The molecule has 1 aromatic carbocycles. The van der Waals surface area contributed by atoms with E-state index < -0.39 is 0 Å². The van der Waals surface area contributed by atoms with Crippen LogP contribution in [0.2, 0.25) is 0 Å². The Morgan fingerprint density at radius 3 is 2.23 bits per heavy atom. The molecule has 0 heterocycles. The van der Waals surface area contributed by atoms with Crippen LogP contribution in [0.5, 0.6) is 0 Å². The molecule has 0 N–H and O–H groups in total. The number of nitrogens with zero attached hydrogens (tertiary/aromatic N) is 1. The van der Waals surface area contributed by atoms with Crippen LogP contribution in [0.4, 0.5) is 5.69 Å². The van der Waals surface area contributed by atoms with Crippen molar-refractivity contribution in [2.24, 2.45) is 4.99 Å². The first kappa shape index (κ1) is 8.95. The van der Waals surface area contributed by atoms with Crippen LogP contribution in [0, 0.1) is 0 Å². The highest BCUT2D eigenvalue weighted by atomic mass is 79.9. The monoisotopic (exact) mass is 237 g/mol. The van der Waals surface area contributed by atoms with Gasteiger partial charge < -0.3 is 0 Å². The van der Waals surface area contributed by atoms with E-state index in [0.29, 0.717) is 0 Å². The quantitative estimate of drug-likeness (QED) is 0.698. The minimum Gasteiger partial charge on any atom is -0.258 e. The van der Waals surface area contributed by atoms with E-state index >= 15 is 0 Å². The van der Waals surface area contributed by atoms with Crippen molar-refractivity contribution in [1.82, 2.24) is 0 Å². The molecule has 1 saturated carbocycles. The number of benzene rings is 1. The van der Waals surface area contributed by atoms with Gasteiger partial charge in [-0.25, -0.2) is 0 Å². The zero-order chi connectivity index (χ0) is 9.10. The van der Waals surface area contributed by atoms with E-state index in [1.54, 1.807) is 0 Å². The third-order valence-electron chi connectivity index (χ3n) is 2.29. The molecule has 0 aromatic heterocycles. The van der Waals surface area contributed by atoms with Crippen molar-refractivity contribution < 1.29 is 0 Å². The minimum absolute atomic E-state index is 1.08. The maximum atomic E-state index is 4.60. The van der Waals surface area contributed by atoms with Crippen molar-refractivity contribution in [3.63, 3.8) is 0 Å². The van der Waals surface area contributed by atoms with E-state index in [0.717, 1.165) is 10.2 Å². The molecule has 0 atom stereocenters. The predicted molar refractivity (Wildman–Crippen MR) is 59.7 cm³/mol. The molecule has 0 bridgehead atoms. The van der Waals surface area contributed by atoms with Gasteiger partial charge in [-0.3, -0.25) is 4.99 Å². The van der Waals surface area contributed by atoms with Crippen molar-refractivity contribution in [2.75, 3.05) is 0 Å². The lowest BCUT2D eigenvalue weighted by Gasteiger charge is -1.96. The predicted octanol–water partition coefficient (Wildman–Crippen LogP) is 4.10. The molecule has 0 spiro atoms. The number of hydrogen-bond donors (Lipinski definition) is 0. The molecule has 68 valence electrons. The number of aliphatic imine (C=N–C) groups is 1. The van der Waals surface area contributed by atoms with Gasteiger partial charge in [0.1, 0.15) is 0 Å². The van der Waals surface area contributed by atoms with E-state index in [1.807, 2.05) is 12.1 Å². The van der Waals surface area contributed by atoms with Gasteiger partial charge in [0.2, 0.25) is 0 Å². The van der Waals surface area contributed by atoms with Gasteiger partial charge in [0, 0.05) is 10.2 Å². The van der Waals surface area contributed by atoms with E-state index in [1.165, 1.54) is 31.4 Å². The normalized spacial score (nSPS) is 16.2. The summed E-state index contributed by atoms with van der Waals surface area (Å²) in [6.45, 7) is 0. The first-order valence-electron chi connectivity index (χ1n) is 4.66. The Kier molecular flexibility index (Phi) is 2.79. The van der Waals surface area contributed by atoms with Crippen LogP contribution in [0.25, 0.3) is 0 Å². The highest BCUT2D eigenvalue weighted by molar-refractivity contribution is 9.10. The first-order chi connectivity index (χ1) is 6.34. The fourth-order valence-electron chi connectivity index (χ4n) is 1.59. The highest BCUT2D eigenvalue weighted by Crippen LogP contribution is 2.21. The lowest BCUT2D eigenvalue weighted by atomic mass is 10.3. The smallest absolute Gasteiger partial charge is 0.0629 e. The van der Waals surface area contributed by atoms with Crippen LogP contribution in [0.1, 0.15) is 25.7 Å². The van der Waals surface area contributed by atoms with Crippen molar-refractivity contribution in [2.45, 2.75) is 25.7 Å². The molecular weight excluding hydrogens is 226 g/mol. The lowest BCUT2D eigenvalue weighted by Crippen LogP contribution is -1.85. The van der Waals surface area contributed by atoms with Gasteiger partial charge in [0.25, 0.3) is 0 Å². The minimum atomic E-state index is 1.08. The number of hydrogen-bond acceptors (Lipinski definition) is 1. The standard InChI is InChI=1S/C11H12BrN/c12-9-5-7-11(8-6-9)13-10-3-1-2-4-10/h5-8H,1-4H2. The second kappa shape index (κ2) is 4.05. The van der Waals surface area contributed by atoms with E-state index in [4.69, 9.17) is 0 Å².